The zero-order valence-electron chi connectivity index (χ0n) is 12.2. The molecule has 2 N–H and O–H groups in total. The molecule has 0 aliphatic heterocycles. The first kappa shape index (κ1) is 16.7. The third-order valence-corrected chi connectivity index (χ3v) is 3.59. The van der Waals surface area contributed by atoms with Crippen LogP contribution in [0.3, 0.4) is 0 Å². The van der Waals surface area contributed by atoms with E-state index in [-0.39, 0.29) is 24.5 Å². The Hall–Kier alpha value is -1.34. The first-order valence-electron chi connectivity index (χ1n) is 6.75. The highest BCUT2D eigenvalue weighted by Crippen LogP contribution is 2.48. The summed E-state index contributed by atoms with van der Waals surface area (Å²) in [6, 6.07) is -0.354. The van der Waals surface area contributed by atoms with E-state index in [4.69, 9.17) is 14.6 Å². The van der Waals surface area contributed by atoms with Crippen LogP contribution in [0, 0.1) is 5.41 Å². The van der Waals surface area contributed by atoms with E-state index < -0.39 is 5.97 Å². The maximum absolute atomic E-state index is 12.0. The lowest BCUT2D eigenvalue weighted by atomic mass is 10.0. The van der Waals surface area contributed by atoms with Gasteiger partial charge in [-0.25, -0.2) is 4.79 Å². The third kappa shape index (κ3) is 5.75. The molecular formula is C13H24N2O5. The van der Waals surface area contributed by atoms with Gasteiger partial charge in [0.15, 0.2) is 0 Å². The first-order chi connectivity index (χ1) is 9.53. The molecule has 0 aromatic heterocycles. The van der Waals surface area contributed by atoms with Gasteiger partial charge < -0.3 is 24.8 Å². The van der Waals surface area contributed by atoms with Gasteiger partial charge in [0.25, 0.3) is 0 Å². The van der Waals surface area contributed by atoms with Crippen LogP contribution in [0.5, 0.6) is 0 Å². The van der Waals surface area contributed by atoms with Crippen molar-refractivity contribution in [2.24, 2.45) is 5.41 Å². The lowest BCUT2D eigenvalue weighted by molar-refractivity contribution is -0.137. The Morgan fingerprint density at radius 1 is 1.25 bits per heavy atom. The van der Waals surface area contributed by atoms with Crippen LogP contribution in [0.25, 0.3) is 0 Å². The molecule has 0 atom stereocenters. The number of hydrogen-bond acceptors (Lipinski definition) is 4. The molecule has 1 fully saturated rings. The van der Waals surface area contributed by atoms with Crippen LogP contribution in [-0.2, 0) is 14.3 Å². The Labute approximate surface area is 119 Å². The highest BCUT2D eigenvalue weighted by molar-refractivity contribution is 5.80. The van der Waals surface area contributed by atoms with E-state index in [0.717, 1.165) is 19.3 Å². The number of carbonyl (C=O) groups excluding carboxylic acids is 1. The summed E-state index contributed by atoms with van der Waals surface area (Å²) < 4.78 is 9.94. The van der Waals surface area contributed by atoms with Crippen LogP contribution in [0.2, 0.25) is 0 Å². The van der Waals surface area contributed by atoms with Crippen LogP contribution in [0.15, 0.2) is 0 Å². The Bertz CT molecular complexity index is 331. The third-order valence-electron chi connectivity index (χ3n) is 3.59. The Morgan fingerprint density at radius 2 is 1.90 bits per heavy atom. The summed E-state index contributed by atoms with van der Waals surface area (Å²) in [5, 5.41) is 11.6. The molecule has 7 heteroatoms. The highest BCUT2D eigenvalue weighted by Gasteiger charge is 2.42. The van der Waals surface area contributed by atoms with E-state index in [1.165, 1.54) is 12.0 Å². The van der Waals surface area contributed by atoms with Gasteiger partial charge in [-0.1, -0.05) is 0 Å². The average Bonchev–Trinajstić information content (AvgIpc) is 3.18. The number of ether oxygens (including phenoxy) is 2. The summed E-state index contributed by atoms with van der Waals surface area (Å²) in [6.45, 7) is 1.51. The second-order valence-electron chi connectivity index (χ2n) is 5.21. The normalized spacial score (nSPS) is 15.7. The average molecular weight is 288 g/mol. The SMILES string of the molecule is COCCN(CC(=O)O)C(=O)NCC1(CCOC)CC1. The fourth-order valence-electron chi connectivity index (χ4n) is 2.00. The van der Waals surface area contributed by atoms with Crippen molar-refractivity contribution in [2.45, 2.75) is 19.3 Å². The fraction of sp³-hybridized carbons (Fsp3) is 0.846. The van der Waals surface area contributed by atoms with Crippen LogP contribution in [0.4, 0.5) is 4.79 Å². The molecule has 1 aliphatic rings. The molecule has 1 rings (SSSR count). The quantitative estimate of drug-likeness (QED) is 0.613. The number of carboxylic acid groups (broad SMARTS) is 1. The van der Waals surface area contributed by atoms with Crippen LogP contribution >= 0.6 is 0 Å². The molecule has 0 bridgehead atoms. The Balaban J connectivity index is 2.39. The van der Waals surface area contributed by atoms with Crippen molar-refractivity contribution in [2.75, 3.05) is 47.1 Å². The van der Waals surface area contributed by atoms with Gasteiger partial charge in [0.1, 0.15) is 6.54 Å². The molecule has 0 radical (unpaired) electrons. The van der Waals surface area contributed by atoms with E-state index in [0.29, 0.717) is 19.8 Å². The van der Waals surface area contributed by atoms with E-state index in [1.54, 1.807) is 7.11 Å². The van der Waals surface area contributed by atoms with Crippen LogP contribution in [-0.4, -0.2) is 69.1 Å². The smallest absolute Gasteiger partial charge is 0.323 e. The number of aliphatic carboxylic acids is 1. The van der Waals surface area contributed by atoms with Crippen molar-refractivity contribution in [3.8, 4) is 0 Å². The monoisotopic (exact) mass is 288 g/mol. The van der Waals surface area contributed by atoms with Crippen molar-refractivity contribution >= 4 is 12.0 Å². The fourth-order valence-corrected chi connectivity index (χ4v) is 2.00. The largest absolute Gasteiger partial charge is 0.480 e. The molecule has 0 unspecified atom stereocenters. The Kier molecular flexibility index (Phi) is 6.74. The van der Waals surface area contributed by atoms with E-state index in [2.05, 4.69) is 5.32 Å². The number of methoxy groups -OCH3 is 2. The van der Waals surface area contributed by atoms with Gasteiger partial charge in [-0.3, -0.25) is 4.79 Å². The van der Waals surface area contributed by atoms with Gasteiger partial charge in [0.05, 0.1) is 6.61 Å². The summed E-state index contributed by atoms with van der Waals surface area (Å²) >= 11 is 0. The summed E-state index contributed by atoms with van der Waals surface area (Å²) in [7, 11) is 3.18. The maximum atomic E-state index is 12.0. The molecule has 0 spiro atoms. The highest BCUT2D eigenvalue weighted by atomic mass is 16.5. The number of hydrogen-bond donors (Lipinski definition) is 2. The van der Waals surface area contributed by atoms with Crippen molar-refractivity contribution in [1.29, 1.82) is 0 Å². The molecular weight excluding hydrogens is 264 g/mol. The van der Waals surface area contributed by atoms with Crippen molar-refractivity contribution in [3.63, 3.8) is 0 Å². The van der Waals surface area contributed by atoms with E-state index in [9.17, 15) is 9.59 Å². The standard InChI is InChI=1S/C13H24N2O5/c1-19-7-5-13(3-4-13)10-14-12(18)15(6-8-20-2)9-11(16)17/h3-10H2,1-2H3,(H,14,18)(H,16,17). The molecule has 7 nitrogen and oxygen atoms in total. The number of urea groups is 1. The zero-order valence-corrected chi connectivity index (χ0v) is 12.2. The lowest BCUT2D eigenvalue weighted by Gasteiger charge is -2.23. The Morgan fingerprint density at radius 3 is 2.40 bits per heavy atom. The maximum Gasteiger partial charge on any atom is 0.323 e. The number of carbonyl (C=O) groups is 2. The van der Waals surface area contributed by atoms with Crippen LogP contribution in [0.1, 0.15) is 19.3 Å². The minimum atomic E-state index is -1.03. The molecule has 116 valence electrons. The summed E-state index contributed by atoms with van der Waals surface area (Å²) in [5.74, 6) is -1.03. The summed E-state index contributed by atoms with van der Waals surface area (Å²) in [5.41, 5.74) is 0.141. The lowest BCUT2D eigenvalue weighted by Crippen LogP contribution is -2.46. The molecule has 20 heavy (non-hydrogen) atoms. The molecule has 2 amide bonds. The number of carboxylic acids is 1. The number of nitrogens with zero attached hydrogens (tertiary/aromatic N) is 1. The zero-order chi connectivity index (χ0) is 15.0. The van der Waals surface area contributed by atoms with Crippen molar-refractivity contribution in [1.82, 2.24) is 10.2 Å². The molecule has 1 saturated carbocycles. The molecule has 1 aliphatic carbocycles. The molecule has 0 aromatic carbocycles. The second-order valence-corrected chi connectivity index (χ2v) is 5.21. The molecule has 0 saturated heterocycles. The van der Waals surface area contributed by atoms with Gasteiger partial charge in [-0.15, -0.1) is 0 Å². The summed E-state index contributed by atoms with van der Waals surface area (Å²) in [6.07, 6.45) is 3.07. The van der Waals surface area contributed by atoms with E-state index in [1.807, 2.05) is 0 Å². The van der Waals surface area contributed by atoms with Gasteiger partial charge in [-0.2, -0.15) is 0 Å². The number of nitrogens with one attached hydrogen (secondary N) is 1. The number of amides is 2. The van der Waals surface area contributed by atoms with Crippen molar-refractivity contribution in [3.05, 3.63) is 0 Å². The van der Waals surface area contributed by atoms with Crippen LogP contribution < -0.4 is 5.32 Å². The predicted octanol–water partition coefficient (Wildman–Crippen LogP) is 0.546. The minimum absolute atomic E-state index is 0.141. The molecule has 0 heterocycles. The first-order valence-corrected chi connectivity index (χ1v) is 6.75. The topological polar surface area (TPSA) is 88.1 Å². The van der Waals surface area contributed by atoms with Gasteiger partial charge in [0.2, 0.25) is 0 Å². The molecule has 0 aromatic rings. The van der Waals surface area contributed by atoms with Crippen molar-refractivity contribution < 1.29 is 24.2 Å². The van der Waals surface area contributed by atoms with Gasteiger partial charge in [0, 0.05) is 33.9 Å². The predicted molar refractivity (Wildman–Crippen MR) is 72.6 cm³/mol. The number of rotatable bonds is 10. The summed E-state index contributed by atoms with van der Waals surface area (Å²) in [4.78, 5) is 24.0. The van der Waals surface area contributed by atoms with Gasteiger partial charge >= 0.3 is 12.0 Å². The van der Waals surface area contributed by atoms with Gasteiger partial charge in [-0.05, 0) is 24.7 Å². The van der Waals surface area contributed by atoms with E-state index >= 15 is 0 Å². The minimum Gasteiger partial charge on any atom is -0.480 e. The second kappa shape index (κ2) is 8.06.